The molecule has 0 aliphatic rings. The van der Waals surface area contributed by atoms with E-state index in [1.807, 2.05) is 25.1 Å². The second-order valence-electron chi connectivity index (χ2n) is 6.41. The van der Waals surface area contributed by atoms with E-state index in [9.17, 15) is 4.79 Å². The molecule has 0 atom stereocenters. The first-order valence-corrected chi connectivity index (χ1v) is 9.22. The second kappa shape index (κ2) is 9.50. The molecule has 2 N–H and O–H groups in total. The molecule has 1 heterocycles. The van der Waals surface area contributed by atoms with Crippen LogP contribution in [0.1, 0.15) is 29.2 Å². The van der Waals surface area contributed by atoms with Crippen LogP contribution >= 0.6 is 0 Å². The van der Waals surface area contributed by atoms with Crippen molar-refractivity contribution in [3.63, 3.8) is 0 Å². The van der Waals surface area contributed by atoms with Crippen LogP contribution in [0, 0.1) is 13.8 Å². The summed E-state index contributed by atoms with van der Waals surface area (Å²) in [5, 5.41) is 11.3. The topological polar surface area (TPSA) is 101 Å². The SMILES string of the molecule is CCOc1cc(/C=N/Nc2nncc(=O)[nH]2)ccc1OCc1cc(C)ccc1C. The van der Waals surface area contributed by atoms with Gasteiger partial charge in [-0.05, 0) is 55.7 Å². The number of hydrogen-bond donors (Lipinski definition) is 2. The van der Waals surface area contributed by atoms with Crippen molar-refractivity contribution in [3.8, 4) is 11.5 Å². The predicted octanol–water partition coefficient (Wildman–Crippen LogP) is 3.21. The fourth-order valence-corrected chi connectivity index (χ4v) is 2.64. The van der Waals surface area contributed by atoms with Crippen LogP contribution < -0.4 is 20.5 Å². The lowest BCUT2D eigenvalue weighted by Crippen LogP contribution is -2.10. The van der Waals surface area contributed by atoms with Gasteiger partial charge < -0.3 is 9.47 Å². The van der Waals surface area contributed by atoms with Gasteiger partial charge in [-0.25, -0.2) is 5.43 Å². The highest BCUT2D eigenvalue weighted by Gasteiger charge is 2.08. The van der Waals surface area contributed by atoms with E-state index in [-0.39, 0.29) is 11.5 Å². The van der Waals surface area contributed by atoms with Crippen LogP contribution in [0.25, 0.3) is 0 Å². The molecular formula is C21H23N5O3. The highest BCUT2D eigenvalue weighted by Crippen LogP contribution is 2.29. The van der Waals surface area contributed by atoms with E-state index in [1.54, 1.807) is 6.21 Å². The van der Waals surface area contributed by atoms with Gasteiger partial charge in [0.25, 0.3) is 5.56 Å². The molecule has 3 aromatic rings. The number of aromatic nitrogens is 3. The van der Waals surface area contributed by atoms with E-state index < -0.39 is 0 Å². The molecule has 0 aliphatic heterocycles. The minimum Gasteiger partial charge on any atom is -0.490 e. The van der Waals surface area contributed by atoms with Crippen molar-refractivity contribution in [2.75, 3.05) is 12.0 Å². The van der Waals surface area contributed by atoms with E-state index >= 15 is 0 Å². The van der Waals surface area contributed by atoms with Crippen LogP contribution in [0.3, 0.4) is 0 Å². The summed E-state index contributed by atoms with van der Waals surface area (Å²) in [4.78, 5) is 13.7. The van der Waals surface area contributed by atoms with Crippen molar-refractivity contribution in [3.05, 3.63) is 75.2 Å². The molecule has 0 saturated heterocycles. The number of benzene rings is 2. The van der Waals surface area contributed by atoms with Gasteiger partial charge in [-0.3, -0.25) is 9.78 Å². The molecule has 0 saturated carbocycles. The van der Waals surface area contributed by atoms with Gasteiger partial charge in [0, 0.05) is 0 Å². The Morgan fingerprint density at radius 2 is 2.00 bits per heavy atom. The molecule has 8 heteroatoms. The van der Waals surface area contributed by atoms with Gasteiger partial charge in [0.1, 0.15) is 12.8 Å². The van der Waals surface area contributed by atoms with Crippen LogP contribution in [-0.2, 0) is 6.61 Å². The molecule has 3 rings (SSSR count). The molecule has 0 amide bonds. The Labute approximate surface area is 168 Å². The minimum absolute atomic E-state index is 0.159. The third kappa shape index (κ3) is 5.65. The van der Waals surface area contributed by atoms with Crippen molar-refractivity contribution < 1.29 is 9.47 Å². The number of nitrogens with zero attached hydrogens (tertiary/aromatic N) is 3. The summed E-state index contributed by atoms with van der Waals surface area (Å²) in [6.07, 6.45) is 2.67. The Kier molecular flexibility index (Phi) is 6.57. The summed E-state index contributed by atoms with van der Waals surface area (Å²) in [5.74, 6) is 1.46. The van der Waals surface area contributed by atoms with Crippen molar-refractivity contribution in [1.29, 1.82) is 0 Å². The Morgan fingerprint density at radius 1 is 1.14 bits per heavy atom. The standard InChI is InChI=1S/C21H23N5O3/c1-4-28-19-10-16(11-22-25-21-24-20(27)12-23-26-21)7-8-18(19)29-13-17-9-14(2)5-6-15(17)3/h5-12H,4,13H2,1-3H3,(H2,24,25,26,27)/b22-11+. The number of H-pyrrole nitrogens is 1. The van der Waals surface area contributed by atoms with Gasteiger partial charge in [-0.2, -0.15) is 5.10 Å². The summed E-state index contributed by atoms with van der Waals surface area (Å²) >= 11 is 0. The Hall–Kier alpha value is -3.68. The summed E-state index contributed by atoms with van der Waals surface area (Å²) in [5.41, 5.74) is 6.59. The third-order valence-electron chi connectivity index (χ3n) is 4.11. The number of anilines is 1. The first kappa shape index (κ1) is 20.1. The van der Waals surface area contributed by atoms with Crippen LogP contribution in [-0.4, -0.2) is 28.0 Å². The van der Waals surface area contributed by atoms with Gasteiger partial charge in [0.15, 0.2) is 11.5 Å². The number of ether oxygens (including phenoxy) is 2. The molecule has 0 spiro atoms. The molecular weight excluding hydrogens is 370 g/mol. The number of rotatable bonds is 8. The van der Waals surface area contributed by atoms with Crippen LogP contribution in [0.15, 0.2) is 52.5 Å². The average Bonchev–Trinajstić information content (AvgIpc) is 2.70. The quantitative estimate of drug-likeness (QED) is 0.450. The van der Waals surface area contributed by atoms with Gasteiger partial charge >= 0.3 is 0 Å². The monoisotopic (exact) mass is 393 g/mol. The second-order valence-corrected chi connectivity index (χ2v) is 6.41. The number of aromatic amines is 1. The number of aryl methyl sites for hydroxylation is 2. The molecule has 0 radical (unpaired) electrons. The average molecular weight is 393 g/mol. The lowest BCUT2D eigenvalue weighted by Gasteiger charge is -2.14. The molecule has 0 unspecified atom stereocenters. The zero-order valence-electron chi connectivity index (χ0n) is 16.6. The summed E-state index contributed by atoms with van der Waals surface area (Å²) < 4.78 is 11.7. The van der Waals surface area contributed by atoms with Crippen molar-refractivity contribution in [2.24, 2.45) is 5.10 Å². The maximum absolute atomic E-state index is 11.2. The van der Waals surface area contributed by atoms with Crippen LogP contribution in [0.5, 0.6) is 11.5 Å². The number of hydrogen-bond acceptors (Lipinski definition) is 7. The highest BCUT2D eigenvalue weighted by molar-refractivity contribution is 5.81. The third-order valence-corrected chi connectivity index (χ3v) is 4.11. The lowest BCUT2D eigenvalue weighted by molar-refractivity contribution is 0.269. The van der Waals surface area contributed by atoms with Crippen LogP contribution in [0.4, 0.5) is 5.95 Å². The largest absolute Gasteiger partial charge is 0.490 e. The normalized spacial score (nSPS) is 10.9. The molecule has 0 bridgehead atoms. The maximum Gasteiger partial charge on any atom is 0.271 e. The van der Waals surface area contributed by atoms with Gasteiger partial charge in [-0.1, -0.05) is 23.8 Å². The minimum atomic E-state index is -0.360. The van der Waals surface area contributed by atoms with E-state index in [4.69, 9.17) is 9.47 Å². The van der Waals surface area contributed by atoms with Gasteiger partial charge in [-0.15, -0.1) is 10.2 Å². The van der Waals surface area contributed by atoms with E-state index in [0.29, 0.717) is 24.7 Å². The van der Waals surface area contributed by atoms with Gasteiger partial charge in [0.2, 0.25) is 5.95 Å². The maximum atomic E-state index is 11.2. The molecule has 2 aromatic carbocycles. The zero-order chi connectivity index (χ0) is 20.6. The summed E-state index contributed by atoms with van der Waals surface area (Å²) in [6.45, 7) is 7.02. The van der Waals surface area contributed by atoms with E-state index in [0.717, 1.165) is 17.3 Å². The summed E-state index contributed by atoms with van der Waals surface area (Å²) in [6, 6.07) is 11.9. The molecule has 29 heavy (non-hydrogen) atoms. The number of hydrazone groups is 1. The molecule has 150 valence electrons. The highest BCUT2D eigenvalue weighted by atomic mass is 16.5. The molecule has 8 nitrogen and oxygen atoms in total. The smallest absolute Gasteiger partial charge is 0.271 e. The Balaban J connectivity index is 1.71. The van der Waals surface area contributed by atoms with E-state index in [1.165, 1.54) is 11.1 Å². The fraction of sp³-hybridized carbons (Fsp3) is 0.238. The first-order chi connectivity index (χ1) is 14.0. The van der Waals surface area contributed by atoms with Crippen molar-refractivity contribution >= 4 is 12.2 Å². The zero-order valence-corrected chi connectivity index (χ0v) is 16.6. The fourth-order valence-electron chi connectivity index (χ4n) is 2.64. The lowest BCUT2D eigenvalue weighted by atomic mass is 10.1. The predicted molar refractivity (Wildman–Crippen MR) is 112 cm³/mol. The summed E-state index contributed by atoms with van der Waals surface area (Å²) in [7, 11) is 0. The Bertz CT molecular complexity index is 1060. The van der Waals surface area contributed by atoms with Gasteiger partial charge in [0.05, 0.1) is 12.8 Å². The van der Waals surface area contributed by atoms with Crippen molar-refractivity contribution in [2.45, 2.75) is 27.4 Å². The molecule has 1 aromatic heterocycles. The first-order valence-electron chi connectivity index (χ1n) is 9.22. The van der Waals surface area contributed by atoms with E-state index in [2.05, 4.69) is 57.8 Å². The Morgan fingerprint density at radius 3 is 2.79 bits per heavy atom. The number of nitrogens with one attached hydrogen (secondary N) is 2. The molecule has 0 aliphatic carbocycles. The van der Waals surface area contributed by atoms with Crippen LogP contribution in [0.2, 0.25) is 0 Å². The van der Waals surface area contributed by atoms with Crippen molar-refractivity contribution in [1.82, 2.24) is 15.2 Å². The molecule has 0 fully saturated rings.